The van der Waals surface area contributed by atoms with Crippen molar-refractivity contribution in [3.63, 3.8) is 0 Å². The van der Waals surface area contributed by atoms with Crippen LogP contribution >= 0.6 is 0 Å². The van der Waals surface area contributed by atoms with Crippen molar-refractivity contribution in [1.29, 1.82) is 0 Å². The van der Waals surface area contributed by atoms with E-state index < -0.39 is 0 Å². The van der Waals surface area contributed by atoms with Crippen molar-refractivity contribution in [2.24, 2.45) is 11.8 Å². The van der Waals surface area contributed by atoms with E-state index in [2.05, 4.69) is 151 Å². The number of likely N-dealkylation sites (tertiary alicyclic amines) is 1. The van der Waals surface area contributed by atoms with Crippen LogP contribution in [0.25, 0.3) is 0 Å². The van der Waals surface area contributed by atoms with Crippen molar-refractivity contribution < 1.29 is 0 Å². The van der Waals surface area contributed by atoms with Crippen LogP contribution in [0.15, 0.2) is 103 Å². The van der Waals surface area contributed by atoms with Crippen molar-refractivity contribution >= 4 is 5.69 Å². The predicted octanol–water partition coefficient (Wildman–Crippen LogP) is 10.8. The highest BCUT2D eigenvalue weighted by Crippen LogP contribution is 2.36. The number of para-hydroxylation sites is 1. The van der Waals surface area contributed by atoms with Crippen LogP contribution in [0.5, 0.6) is 0 Å². The Bertz CT molecular complexity index is 1230. The van der Waals surface area contributed by atoms with Crippen LogP contribution in [0, 0.1) is 11.8 Å². The van der Waals surface area contributed by atoms with Gasteiger partial charge in [0.05, 0.1) is 0 Å². The van der Waals surface area contributed by atoms with Crippen LogP contribution in [0.4, 0.5) is 5.69 Å². The first kappa shape index (κ1) is 35.3. The average Bonchev–Trinajstić information content (AvgIpc) is 3.21. The summed E-state index contributed by atoms with van der Waals surface area (Å²) in [5.41, 5.74) is 9.33. The summed E-state index contributed by atoms with van der Waals surface area (Å²) in [4.78, 5) is 2.49. The van der Waals surface area contributed by atoms with E-state index in [0.717, 1.165) is 32.2 Å². The third kappa shape index (κ3) is 9.65. The first-order valence-corrected chi connectivity index (χ1v) is 17.1. The number of dihydropyridines is 1. The molecule has 2 aliphatic heterocycles. The molecule has 0 saturated carbocycles. The predicted molar refractivity (Wildman–Crippen MR) is 195 cm³/mol. The van der Waals surface area contributed by atoms with E-state index in [9.17, 15) is 0 Å². The van der Waals surface area contributed by atoms with Gasteiger partial charge in [-0.1, -0.05) is 114 Å². The molecule has 44 heavy (non-hydrogen) atoms. The van der Waals surface area contributed by atoms with Gasteiger partial charge in [-0.05, 0) is 91.9 Å². The number of rotatable bonds is 14. The Kier molecular flexibility index (Phi) is 13.9. The summed E-state index contributed by atoms with van der Waals surface area (Å²) in [6.07, 6.45) is 24.1. The molecule has 1 saturated heterocycles. The van der Waals surface area contributed by atoms with Crippen molar-refractivity contribution in [2.75, 3.05) is 18.9 Å². The summed E-state index contributed by atoms with van der Waals surface area (Å²) >= 11 is 0. The van der Waals surface area contributed by atoms with Gasteiger partial charge in [-0.2, -0.15) is 0 Å². The number of hydrogen-bond donors (Lipinski definition) is 2. The molecule has 2 N–H and O–H groups in total. The Balaban J connectivity index is 1.89. The number of hydrogen-bond acceptors (Lipinski definition) is 3. The highest BCUT2D eigenvalue weighted by atomic mass is 15.1. The minimum atomic E-state index is 0.125. The van der Waals surface area contributed by atoms with Gasteiger partial charge in [0.1, 0.15) is 0 Å². The van der Waals surface area contributed by atoms with Gasteiger partial charge in [-0.25, -0.2) is 0 Å². The van der Waals surface area contributed by atoms with Crippen LogP contribution in [0.1, 0.15) is 110 Å². The summed E-state index contributed by atoms with van der Waals surface area (Å²) in [6.45, 7) is 25.8. The molecule has 4 atom stereocenters. The maximum atomic E-state index is 4.64. The van der Waals surface area contributed by atoms with Gasteiger partial charge in [-0.15, -0.1) is 6.58 Å². The molecular formula is C41H61N3. The standard InChI is InChI=1S/C41H61N3/c1-11-13-14-15-16-20-32(8)39(43-41-36(29(3)4)23-18-24-37(41)30(5)6)28-35-22-17-25-38(42-35)33(9)40-27-34(31(7)12-2)21-19-26-44(40)10/h12-18,22-25,29-31,34-35,39,42-43H,2,8,11,19-21,26-28H2,1,3-7,9-10H3/b14-13-,16-15-,40-33-. The van der Waals surface area contributed by atoms with Crippen molar-refractivity contribution in [3.8, 4) is 0 Å². The lowest BCUT2D eigenvalue weighted by molar-refractivity contribution is 0.387. The Morgan fingerprint density at radius 3 is 2.41 bits per heavy atom. The van der Waals surface area contributed by atoms with E-state index in [0.29, 0.717) is 23.7 Å². The monoisotopic (exact) mass is 595 g/mol. The van der Waals surface area contributed by atoms with Gasteiger partial charge in [0.2, 0.25) is 0 Å². The van der Waals surface area contributed by atoms with Crippen molar-refractivity contribution in [2.45, 2.75) is 111 Å². The molecule has 1 aromatic carbocycles. The van der Waals surface area contributed by atoms with Gasteiger partial charge >= 0.3 is 0 Å². The van der Waals surface area contributed by atoms with E-state index in [-0.39, 0.29) is 12.1 Å². The normalized spacial score (nSPS) is 21.8. The van der Waals surface area contributed by atoms with Gasteiger partial charge < -0.3 is 15.5 Å². The molecule has 1 fully saturated rings. The molecule has 240 valence electrons. The Morgan fingerprint density at radius 2 is 1.77 bits per heavy atom. The van der Waals surface area contributed by atoms with Gasteiger partial charge in [0, 0.05) is 42.8 Å². The van der Waals surface area contributed by atoms with Crippen LogP contribution in [-0.4, -0.2) is 30.6 Å². The summed E-state index contributed by atoms with van der Waals surface area (Å²) in [7, 11) is 2.27. The van der Waals surface area contributed by atoms with Crippen LogP contribution in [0.3, 0.4) is 0 Å². The average molecular weight is 596 g/mol. The highest BCUT2D eigenvalue weighted by molar-refractivity contribution is 5.61. The molecular weight excluding hydrogens is 534 g/mol. The smallest absolute Gasteiger partial charge is 0.0496 e. The first-order chi connectivity index (χ1) is 21.1. The lowest BCUT2D eigenvalue weighted by Gasteiger charge is -2.32. The minimum Gasteiger partial charge on any atom is -0.378 e. The Labute approximate surface area is 270 Å². The lowest BCUT2D eigenvalue weighted by Crippen LogP contribution is -2.37. The molecule has 2 aliphatic rings. The lowest BCUT2D eigenvalue weighted by atomic mass is 9.86. The quantitative estimate of drug-likeness (QED) is 0.165. The van der Waals surface area contributed by atoms with E-state index in [1.165, 1.54) is 52.2 Å². The summed E-state index contributed by atoms with van der Waals surface area (Å²) in [5, 5.41) is 7.99. The Morgan fingerprint density at radius 1 is 1.09 bits per heavy atom. The number of allylic oxidation sites excluding steroid dienone is 9. The Hall–Kier alpha value is -3.20. The molecule has 3 nitrogen and oxygen atoms in total. The molecule has 3 heteroatoms. The molecule has 4 unspecified atom stereocenters. The van der Waals surface area contributed by atoms with Crippen LogP contribution in [0.2, 0.25) is 0 Å². The van der Waals surface area contributed by atoms with Crippen LogP contribution < -0.4 is 10.6 Å². The number of nitrogens with one attached hydrogen (secondary N) is 2. The maximum absolute atomic E-state index is 4.64. The first-order valence-electron chi connectivity index (χ1n) is 17.1. The molecule has 0 spiro atoms. The third-order valence-corrected chi connectivity index (χ3v) is 9.56. The summed E-state index contributed by atoms with van der Waals surface area (Å²) in [5.74, 6) is 2.04. The largest absolute Gasteiger partial charge is 0.378 e. The second-order valence-corrected chi connectivity index (χ2v) is 13.6. The molecule has 3 rings (SSSR count). The zero-order valence-corrected chi connectivity index (χ0v) is 29.1. The van der Waals surface area contributed by atoms with Gasteiger partial charge in [0.15, 0.2) is 0 Å². The molecule has 0 aliphatic carbocycles. The molecule has 0 aromatic heterocycles. The highest BCUT2D eigenvalue weighted by Gasteiger charge is 2.26. The maximum Gasteiger partial charge on any atom is 0.0496 e. The van der Waals surface area contributed by atoms with Crippen molar-refractivity contribution in [3.05, 3.63) is 114 Å². The number of nitrogens with zero attached hydrogens (tertiary/aromatic N) is 1. The second kappa shape index (κ2) is 17.3. The van der Waals surface area contributed by atoms with Crippen molar-refractivity contribution in [1.82, 2.24) is 10.2 Å². The van der Waals surface area contributed by atoms with Gasteiger partial charge in [-0.3, -0.25) is 0 Å². The van der Waals surface area contributed by atoms with E-state index in [1.807, 2.05) is 0 Å². The molecule has 1 aromatic rings. The second-order valence-electron chi connectivity index (χ2n) is 13.6. The SMILES string of the molecule is C=CC(C)C1CCCN(C)/C(=C(/C)C2=CC=CC(CC(Nc3c(C(C)C)cccc3C(C)C)C(=C)C/C=C\C=C/CC)N2)C1. The number of anilines is 1. The van der Waals surface area contributed by atoms with Gasteiger partial charge in [0.25, 0.3) is 0 Å². The molecule has 0 bridgehead atoms. The topological polar surface area (TPSA) is 27.3 Å². The van der Waals surface area contributed by atoms with Crippen LogP contribution in [-0.2, 0) is 0 Å². The fourth-order valence-corrected chi connectivity index (χ4v) is 6.55. The summed E-state index contributed by atoms with van der Waals surface area (Å²) < 4.78 is 0. The van der Waals surface area contributed by atoms with E-state index in [1.54, 1.807) is 0 Å². The third-order valence-electron chi connectivity index (χ3n) is 9.56. The molecule has 0 radical (unpaired) electrons. The fraction of sp³-hybridized carbons (Fsp3) is 0.512. The fourth-order valence-electron chi connectivity index (χ4n) is 6.55. The zero-order chi connectivity index (χ0) is 32.2. The molecule has 0 amide bonds. The van der Waals surface area contributed by atoms with E-state index >= 15 is 0 Å². The number of benzene rings is 1. The summed E-state index contributed by atoms with van der Waals surface area (Å²) in [6, 6.07) is 7.11. The minimum absolute atomic E-state index is 0.125. The zero-order valence-electron chi connectivity index (χ0n) is 29.1. The van der Waals surface area contributed by atoms with E-state index in [4.69, 9.17) is 0 Å². The molecule has 2 heterocycles.